The van der Waals surface area contributed by atoms with E-state index in [4.69, 9.17) is 0 Å². The molecular formula is C10H17N3O. The predicted molar refractivity (Wildman–Crippen MR) is 54.7 cm³/mol. The van der Waals surface area contributed by atoms with Crippen LogP contribution in [0.1, 0.15) is 13.8 Å². The van der Waals surface area contributed by atoms with Gasteiger partial charge in [0, 0.05) is 38.4 Å². The Balaban J connectivity index is 2.35. The zero-order valence-electron chi connectivity index (χ0n) is 8.97. The summed E-state index contributed by atoms with van der Waals surface area (Å²) in [7, 11) is 1.83. The maximum atomic E-state index is 11.5. The lowest BCUT2D eigenvalue weighted by Gasteiger charge is -2.19. The van der Waals surface area contributed by atoms with E-state index in [1.54, 1.807) is 17.4 Å². The Morgan fingerprint density at radius 1 is 1.57 bits per heavy atom. The molecule has 1 amide bonds. The zero-order valence-corrected chi connectivity index (χ0v) is 8.97. The van der Waals surface area contributed by atoms with Crippen LogP contribution in [0.5, 0.6) is 0 Å². The van der Waals surface area contributed by atoms with Gasteiger partial charge >= 0.3 is 0 Å². The number of aromatic nitrogens is 2. The van der Waals surface area contributed by atoms with E-state index >= 15 is 0 Å². The first-order valence-corrected chi connectivity index (χ1v) is 4.82. The normalized spacial score (nSPS) is 10.6. The Labute approximate surface area is 84.5 Å². The van der Waals surface area contributed by atoms with Gasteiger partial charge in [0.1, 0.15) is 0 Å². The van der Waals surface area contributed by atoms with Gasteiger partial charge in [-0.3, -0.25) is 4.79 Å². The van der Waals surface area contributed by atoms with Gasteiger partial charge in [-0.25, -0.2) is 4.98 Å². The Bertz CT molecular complexity index is 280. The minimum atomic E-state index is 0.0720. The summed E-state index contributed by atoms with van der Waals surface area (Å²) in [5.41, 5.74) is 0. The van der Waals surface area contributed by atoms with Crippen LogP contribution in [0.15, 0.2) is 18.7 Å². The fourth-order valence-electron chi connectivity index (χ4n) is 1.24. The van der Waals surface area contributed by atoms with Crippen LogP contribution in [0.4, 0.5) is 0 Å². The number of amides is 1. The summed E-state index contributed by atoms with van der Waals surface area (Å²) >= 11 is 0. The van der Waals surface area contributed by atoms with E-state index in [9.17, 15) is 4.79 Å². The maximum absolute atomic E-state index is 11.5. The first kappa shape index (κ1) is 10.8. The molecule has 4 heteroatoms. The van der Waals surface area contributed by atoms with E-state index < -0.39 is 0 Å². The zero-order chi connectivity index (χ0) is 10.6. The van der Waals surface area contributed by atoms with E-state index in [1.165, 1.54) is 0 Å². The molecule has 0 N–H and O–H groups in total. The van der Waals surface area contributed by atoms with Crippen molar-refractivity contribution in [2.45, 2.75) is 20.4 Å². The molecule has 0 fully saturated rings. The van der Waals surface area contributed by atoms with Gasteiger partial charge in [-0.15, -0.1) is 0 Å². The van der Waals surface area contributed by atoms with Crippen LogP contribution in [0, 0.1) is 5.92 Å². The number of carbonyl (C=O) groups is 1. The first-order valence-electron chi connectivity index (χ1n) is 4.82. The molecule has 78 valence electrons. The van der Waals surface area contributed by atoms with Crippen molar-refractivity contribution in [3.63, 3.8) is 0 Å². The highest BCUT2D eigenvalue weighted by atomic mass is 16.2. The van der Waals surface area contributed by atoms with E-state index in [2.05, 4.69) is 4.98 Å². The number of carbonyl (C=O) groups excluding carboxylic acids is 1. The molecule has 14 heavy (non-hydrogen) atoms. The van der Waals surface area contributed by atoms with Crippen molar-refractivity contribution in [2.75, 3.05) is 13.6 Å². The van der Waals surface area contributed by atoms with Crippen molar-refractivity contribution in [3.05, 3.63) is 18.7 Å². The molecule has 0 radical (unpaired) electrons. The molecular weight excluding hydrogens is 178 g/mol. The molecule has 1 heterocycles. The second-order valence-electron chi connectivity index (χ2n) is 3.72. The summed E-state index contributed by atoms with van der Waals surface area (Å²) < 4.78 is 1.96. The summed E-state index contributed by atoms with van der Waals surface area (Å²) in [5, 5.41) is 0. The Morgan fingerprint density at radius 3 is 2.79 bits per heavy atom. The third-order valence-electron chi connectivity index (χ3n) is 2.12. The molecule has 0 saturated carbocycles. The standard InChI is InChI=1S/C10H17N3O/c1-9(2)10(14)12(3)6-7-13-5-4-11-8-13/h4-5,8-9H,6-7H2,1-3H3. The van der Waals surface area contributed by atoms with Gasteiger partial charge in [-0.05, 0) is 0 Å². The highest BCUT2D eigenvalue weighted by Crippen LogP contribution is 1.99. The second-order valence-corrected chi connectivity index (χ2v) is 3.72. The van der Waals surface area contributed by atoms with Gasteiger partial charge in [0.2, 0.25) is 5.91 Å². The average molecular weight is 195 g/mol. The lowest BCUT2D eigenvalue weighted by Crippen LogP contribution is -2.33. The number of rotatable bonds is 4. The quantitative estimate of drug-likeness (QED) is 0.718. The van der Waals surface area contributed by atoms with Crippen molar-refractivity contribution >= 4 is 5.91 Å². The third kappa shape index (κ3) is 2.87. The molecule has 1 aromatic heterocycles. The first-order chi connectivity index (χ1) is 6.61. The summed E-state index contributed by atoms with van der Waals surface area (Å²) in [5.74, 6) is 0.257. The molecule has 1 rings (SSSR count). The predicted octanol–water partition coefficient (Wildman–Crippen LogP) is 0.997. The topological polar surface area (TPSA) is 38.1 Å². The van der Waals surface area contributed by atoms with E-state index in [1.807, 2.05) is 31.7 Å². The van der Waals surface area contributed by atoms with Crippen LogP contribution in [-0.2, 0) is 11.3 Å². The van der Waals surface area contributed by atoms with Gasteiger partial charge < -0.3 is 9.47 Å². The average Bonchev–Trinajstić information content (AvgIpc) is 2.65. The highest BCUT2D eigenvalue weighted by molar-refractivity contribution is 5.77. The van der Waals surface area contributed by atoms with Crippen molar-refractivity contribution in [2.24, 2.45) is 5.92 Å². The molecule has 0 aliphatic rings. The van der Waals surface area contributed by atoms with Crippen LogP contribution in [-0.4, -0.2) is 34.0 Å². The van der Waals surface area contributed by atoms with Gasteiger partial charge in [-0.2, -0.15) is 0 Å². The molecule has 0 aromatic carbocycles. The van der Waals surface area contributed by atoms with Crippen LogP contribution >= 0.6 is 0 Å². The van der Waals surface area contributed by atoms with Crippen molar-refractivity contribution in [3.8, 4) is 0 Å². The minimum Gasteiger partial charge on any atom is -0.344 e. The van der Waals surface area contributed by atoms with Crippen LogP contribution in [0.2, 0.25) is 0 Å². The molecule has 0 atom stereocenters. The molecule has 0 unspecified atom stereocenters. The van der Waals surface area contributed by atoms with Crippen LogP contribution in [0.25, 0.3) is 0 Å². The molecule has 0 bridgehead atoms. The Kier molecular flexibility index (Phi) is 3.68. The SMILES string of the molecule is CC(C)C(=O)N(C)CCn1ccnc1. The second kappa shape index (κ2) is 4.79. The lowest BCUT2D eigenvalue weighted by molar-refractivity contribution is -0.133. The maximum Gasteiger partial charge on any atom is 0.224 e. The molecule has 4 nitrogen and oxygen atoms in total. The monoisotopic (exact) mass is 195 g/mol. The fraction of sp³-hybridized carbons (Fsp3) is 0.600. The van der Waals surface area contributed by atoms with Gasteiger partial charge in [0.25, 0.3) is 0 Å². The Morgan fingerprint density at radius 2 is 2.29 bits per heavy atom. The fourth-order valence-corrected chi connectivity index (χ4v) is 1.24. The number of imidazole rings is 1. The molecule has 0 aliphatic carbocycles. The minimum absolute atomic E-state index is 0.0720. The third-order valence-corrected chi connectivity index (χ3v) is 2.12. The van der Waals surface area contributed by atoms with Gasteiger partial charge in [0.15, 0.2) is 0 Å². The summed E-state index contributed by atoms with van der Waals surface area (Å²) in [6, 6.07) is 0. The van der Waals surface area contributed by atoms with Crippen LogP contribution in [0.3, 0.4) is 0 Å². The van der Waals surface area contributed by atoms with E-state index in [-0.39, 0.29) is 11.8 Å². The molecule has 1 aromatic rings. The number of hydrogen-bond donors (Lipinski definition) is 0. The van der Waals surface area contributed by atoms with E-state index in [0.717, 1.165) is 13.1 Å². The molecule has 0 aliphatic heterocycles. The number of likely N-dealkylation sites (N-methyl/N-ethyl adjacent to an activating group) is 1. The van der Waals surface area contributed by atoms with Gasteiger partial charge in [-0.1, -0.05) is 13.8 Å². The van der Waals surface area contributed by atoms with Crippen LogP contribution < -0.4 is 0 Å². The largest absolute Gasteiger partial charge is 0.344 e. The number of hydrogen-bond acceptors (Lipinski definition) is 2. The lowest BCUT2D eigenvalue weighted by atomic mass is 10.2. The van der Waals surface area contributed by atoms with Crippen molar-refractivity contribution in [1.29, 1.82) is 0 Å². The summed E-state index contributed by atoms with van der Waals surface area (Å²) in [6.07, 6.45) is 5.39. The summed E-state index contributed by atoms with van der Waals surface area (Å²) in [4.78, 5) is 17.2. The smallest absolute Gasteiger partial charge is 0.224 e. The van der Waals surface area contributed by atoms with Gasteiger partial charge in [0.05, 0.1) is 6.33 Å². The van der Waals surface area contributed by atoms with E-state index in [0.29, 0.717) is 0 Å². The van der Waals surface area contributed by atoms with Crippen molar-refractivity contribution < 1.29 is 4.79 Å². The molecule has 0 saturated heterocycles. The number of nitrogens with zero attached hydrogens (tertiary/aromatic N) is 3. The highest BCUT2D eigenvalue weighted by Gasteiger charge is 2.11. The molecule has 0 spiro atoms. The summed E-state index contributed by atoms with van der Waals surface area (Å²) in [6.45, 7) is 5.36. The van der Waals surface area contributed by atoms with Crippen molar-refractivity contribution in [1.82, 2.24) is 14.5 Å². The Hall–Kier alpha value is -1.32.